The molecule has 1 N–H and O–H groups in total. The van der Waals surface area contributed by atoms with Gasteiger partial charge in [-0.05, 0) is 84.8 Å². The molecule has 328 valence electrons. The summed E-state index contributed by atoms with van der Waals surface area (Å²) in [5, 5.41) is 2.91. The van der Waals surface area contributed by atoms with E-state index in [0.717, 1.165) is 64.3 Å². The normalized spacial score (nSPS) is 12.9. The zero-order chi connectivity index (χ0) is 41.3. The smallest absolute Gasteiger partial charge is 0.328 e. The number of hydrogen-bond acceptors (Lipinski definition) is 6. The lowest BCUT2D eigenvalue weighted by Crippen LogP contribution is -2.43. The molecule has 0 fully saturated rings. The van der Waals surface area contributed by atoms with E-state index in [-0.39, 0.29) is 36.9 Å². The van der Waals surface area contributed by atoms with Crippen LogP contribution in [0.15, 0.2) is 25.3 Å². The van der Waals surface area contributed by atoms with Crippen molar-refractivity contribution in [3.63, 3.8) is 0 Å². The van der Waals surface area contributed by atoms with Crippen LogP contribution in [0.5, 0.6) is 0 Å². The van der Waals surface area contributed by atoms with E-state index in [2.05, 4.69) is 32.3 Å². The molecule has 0 aliphatic carbocycles. The summed E-state index contributed by atoms with van der Waals surface area (Å²) >= 11 is 0. The lowest BCUT2D eigenvalue weighted by Gasteiger charge is -2.23. The fourth-order valence-electron chi connectivity index (χ4n) is 7.38. The molecule has 0 aromatic heterocycles. The van der Waals surface area contributed by atoms with Crippen molar-refractivity contribution in [2.75, 3.05) is 20.6 Å². The number of carbonyl (C=O) groups is 3. The van der Waals surface area contributed by atoms with Gasteiger partial charge in [0.25, 0.3) is 0 Å². The molecule has 0 radical (unpaired) electrons. The van der Waals surface area contributed by atoms with E-state index in [4.69, 9.17) is 9.47 Å². The Bertz CT molecular complexity index is 937. The Morgan fingerprint density at radius 1 is 0.518 bits per heavy atom. The number of ether oxygens (including phenoxy) is 2. The Hall–Kier alpha value is -2.15. The van der Waals surface area contributed by atoms with Crippen LogP contribution in [0.2, 0.25) is 0 Å². The molecule has 0 spiro atoms. The maximum absolute atomic E-state index is 13.6. The molecule has 0 aliphatic heterocycles. The van der Waals surface area contributed by atoms with Crippen molar-refractivity contribution >= 4 is 17.8 Å². The van der Waals surface area contributed by atoms with Crippen molar-refractivity contribution < 1.29 is 23.9 Å². The van der Waals surface area contributed by atoms with Crippen molar-refractivity contribution in [1.29, 1.82) is 0 Å². The minimum atomic E-state index is -0.884. The molecule has 0 aromatic rings. The second-order valence-corrected chi connectivity index (χ2v) is 16.8. The molecule has 3 atom stereocenters. The highest BCUT2D eigenvalue weighted by atomic mass is 16.5. The highest BCUT2D eigenvalue weighted by Crippen LogP contribution is 2.20. The van der Waals surface area contributed by atoms with Gasteiger partial charge in [-0.25, -0.2) is 4.79 Å². The molecule has 56 heavy (non-hydrogen) atoms. The van der Waals surface area contributed by atoms with Crippen LogP contribution in [0.4, 0.5) is 0 Å². The third-order valence-electron chi connectivity index (χ3n) is 11.0. The fourth-order valence-corrected chi connectivity index (χ4v) is 7.38. The fraction of sp³-hybridized carbons (Fsp3) is 0.857. The van der Waals surface area contributed by atoms with Crippen LogP contribution in [0.1, 0.15) is 232 Å². The van der Waals surface area contributed by atoms with Crippen molar-refractivity contribution in [3.8, 4) is 0 Å². The van der Waals surface area contributed by atoms with Crippen LogP contribution in [0.25, 0.3) is 0 Å². The molecule has 7 heteroatoms. The highest BCUT2D eigenvalue weighted by molar-refractivity contribution is 5.85. The number of amides is 1. The zero-order valence-electron chi connectivity index (χ0n) is 37.5. The third-order valence-corrected chi connectivity index (χ3v) is 11.0. The molecule has 1 amide bonds. The van der Waals surface area contributed by atoms with Crippen LogP contribution < -0.4 is 5.32 Å². The van der Waals surface area contributed by atoms with E-state index >= 15 is 0 Å². The average Bonchev–Trinajstić information content (AvgIpc) is 3.17. The molecule has 7 nitrogen and oxygen atoms in total. The van der Waals surface area contributed by atoms with Gasteiger partial charge in [0, 0.05) is 12.8 Å². The van der Waals surface area contributed by atoms with Gasteiger partial charge in [0.05, 0.1) is 0 Å². The van der Waals surface area contributed by atoms with E-state index in [1.165, 1.54) is 128 Å². The first kappa shape index (κ1) is 53.9. The van der Waals surface area contributed by atoms with Crippen molar-refractivity contribution in [3.05, 3.63) is 25.3 Å². The molecule has 0 rings (SSSR count). The summed E-state index contributed by atoms with van der Waals surface area (Å²) in [6, 6.07) is -0.884. The Morgan fingerprint density at radius 3 is 1.30 bits per heavy atom. The van der Waals surface area contributed by atoms with Crippen molar-refractivity contribution in [1.82, 2.24) is 10.2 Å². The molecular weight excluding hydrogens is 697 g/mol. The van der Waals surface area contributed by atoms with Crippen LogP contribution in [-0.4, -0.2) is 61.6 Å². The molecule has 0 bridgehead atoms. The number of hydrogen-bond donors (Lipinski definition) is 1. The number of esters is 2. The lowest BCUT2D eigenvalue weighted by atomic mass is 10.0. The number of nitrogens with one attached hydrogen (secondary N) is 1. The monoisotopic (exact) mass is 789 g/mol. The Morgan fingerprint density at radius 2 is 0.911 bits per heavy atom. The van der Waals surface area contributed by atoms with Gasteiger partial charge in [0.1, 0.15) is 18.2 Å². The quantitative estimate of drug-likeness (QED) is 0.0376. The standard InChI is InChI=1S/C49H92N2O5/c1-7-11-15-17-19-21-23-25-27-29-31-33-38-44(36-13-9-3)55-48(53)42-41-46(50-47(52)40-35-43-51(5)6)49(54)56-45(37-14-10-4)39-34-32-30-28-26-24-22-20-18-16-12-8-2/h9-10,44-46H,3-4,7-8,11-43H2,1-2,5-6H3,(H,50,52). The molecule has 0 aliphatic rings. The molecule has 0 saturated heterocycles. The zero-order valence-corrected chi connectivity index (χ0v) is 37.5. The van der Waals surface area contributed by atoms with Gasteiger partial charge in [-0.1, -0.05) is 167 Å². The topological polar surface area (TPSA) is 84.9 Å². The van der Waals surface area contributed by atoms with Crippen LogP contribution >= 0.6 is 0 Å². The van der Waals surface area contributed by atoms with Crippen LogP contribution in [-0.2, 0) is 23.9 Å². The third kappa shape index (κ3) is 36.2. The molecule has 0 heterocycles. The minimum absolute atomic E-state index is 0.0524. The van der Waals surface area contributed by atoms with Gasteiger partial charge in [-0.3, -0.25) is 9.59 Å². The van der Waals surface area contributed by atoms with Gasteiger partial charge in [0.2, 0.25) is 5.91 Å². The predicted octanol–water partition coefficient (Wildman–Crippen LogP) is 13.5. The molecule has 0 aromatic carbocycles. The van der Waals surface area contributed by atoms with Gasteiger partial charge in [0.15, 0.2) is 0 Å². The Kier molecular flexibility index (Phi) is 39.5. The first-order valence-corrected chi connectivity index (χ1v) is 23.8. The van der Waals surface area contributed by atoms with Gasteiger partial charge < -0.3 is 19.7 Å². The summed E-state index contributed by atoms with van der Waals surface area (Å²) in [6.07, 6.45) is 40.1. The van der Waals surface area contributed by atoms with Crippen molar-refractivity contribution in [2.45, 2.75) is 250 Å². The van der Waals surface area contributed by atoms with E-state index in [0.29, 0.717) is 19.3 Å². The minimum Gasteiger partial charge on any atom is -0.462 e. The summed E-state index contributed by atoms with van der Waals surface area (Å²) in [5.74, 6) is -0.967. The SMILES string of the molecule is C=CCCC(CCCCCCCCCCCCCC)OC(=O)CCC(NC(=O)CCCN(C)C)C(=O)OC(CCC=C)CCCCCCCCCCCCCC. The van der Waals surface area contributed by atoms with E-state index in [9.17, 15) is 14.4 Å². The summed E-state index contributed by atoms with van der Waals surface area (Å²) in [6.45, 7) is 13.1. The number of allylic oxidation sites excluding steroid dienone is 2. The Balaban J connectivity index is 4.97. The summed E-state index contributed by atoms with van der Waals surface area (Å²) in [5.41, 5.74) is 0. The lowest BCUT2D eigenvalue weighted by molar-refractivity contribution is -0.155. The van der Waals surface area contributed by atoms with Crippen molar-refractivity contribution in [2.24, 2.45) is 0 Å². The first-order chi connectivity index (χ1) is 27.3. The van der Waals surface area contributed by atoms with Gasteiger partial charge in [-0.15, -0.1) is 13.2 Å². The summed E-state index contributed by atoms with van der Waals surface area (Å²) in [4.78, 5) is 41.8. The molecular formula is C49H92N2O5. The predicted molar refractivity (Wildman–Crippen MR) is 239 cm³/mol. The van der Waals surface area contributed by atoms with E-state index < -0.39 is 12.0 Å². The second-order valence-electron chi connectivity index (χ2n) is 16.8. The van der Waals surface area contributed by atoms with Crippen LogP contribution in [0, 0.1) is 0 Å². The van der Waals surface area contributed by atoms with Gasteiger partial charge >= 0.3 is 11.9 Å². The van der Waals surface area contributed by atoms with E-state index in [1.54, 1.807) is 0 Å². The van der Waals surface area contributed by atoms with Crippen LogP contribution in [0.3, 0.4) is 0 Å². The highest BCUT2D eigenvalue weighted by Gasteiger charge is 2.27. The molecule has 0 saturated carbocycles. The van der Waals surface area contributed by atoms with Gasteiger partial charge in [-0.2, -0.15) is 0 Å². The number of nitrogens with zero attached hydrogens (tertiary/aromatic N) is 1. The number of carbonyl (C=O) groups excluding carboxylic acids is 3. The summed E-state index contributed by atoms with van der Waals surface area (Å²) < 4.78 is 12.1. The molecule has 3 unspecified atom stereocenters. The number of rotatable bonds is 43. The maximum Gasteiger partial charge on any atom is 0.328 e. The first-order valence-electron chi connectivity index (χ1n) is 23.8. The largest absolute Gasteiger partial charge is 0.462 e. The van der Waals surface area contributed by atoms with E-state index in [1.807, 2.05) is 31.1 Å². The summed E-state index contributed by atoms with van der Waals surface area (Å²) in [7, 11) is 3.95. The number of unbranched alkanes of at least 4 members (excludes halogenated alkanes) is 22. The Labute approximate surface area is 347 Å². The maximum atomic E-state index is 13.6. The second kappa shape index (κ2) is 41.0. The average molecular weight is 789 g/mol.